The van der Waals surface area contributed by atoms with Gasteiger partial charge in [-0.15, -0.1) is 0 Å². The van der Waals surface area contributed by atoms with Gasteiger partial charge in [0.05, 0.1) is 10.2 Å². The van der Waals surface area contributed by atoms with Gasteiger partial charge in [0.25, 0.3) is 0 Å². The molecular formula is C19H37O4Si5. The summed E-state index contributed by atoms with van der Waals surface area (Å²) in [7, 11) is -5.76. The minimum absolute atomic E-state index is 0.749. The molecule has 0 bridgehead atoms. The number of rotatable bonds is 9. The lowest BCUT2D eigenvalue weighted by Crippen LogP contribution is -2.64. The van der Waals surface area contributed by atoms with Gasteiger partial charge < -0.3 is 16.8 Å². The highest BCUT2D eigenvalue weighted by Crippen LogP contribution is 2.33. The second-order valence-electron chi connectivity index (χ2n) is 9.99. The lowest BCUT2D eigenvalue weighted by Gasteiger charge is -2.40. The molecule has 0 N–H and O–H groups in total. The third-order valence-electron chi connectivity index (χ3n) is 3.38. The Bertz CT molecular complexity index is 655. The Kier molecular flexibility index (Phi) is 8.51. The van der Waals surface area contributed by atoms with Crippen LogP contribution in [0.5, 0.6) is 5.75 Å². The van der Waals surface area contributed by atoms with E-state index in [0.29, 0.717) is 0 Å². The summed E-state index contributed by atoms with van der Waals surface area (Å²) in [5.41, 5.74) is 2.13. The largest absolute Gasteiger partial charge is 0.717 e. The van der Waals surface area contributed by atoms with Gasteiger partial charge in [-0.2, -0.15) is 0 Å². The van der Waals surface area contributed by atoms with Crippen molar-refractivity contribution >= 4 is 49.8 Å². The first-order chi connectivity index (χ1) is 12.4. The van der Waals surface area contributed by atoms with E-state index in [2.05, 4.69) is 82.2 Å². The number of hydrogen-bond donors (Lipinski definition) is 0. The van der Waals surface area contributed by atoms with E-state index >= 15 is 0 Å². The molecule has 0 spiro atoms. The monoisotopic (exact) mass is 469 g/mol. The molecule has 0 amide bonds. The van der Waals surface area contributed by atoms with Gasteiger partial charge >= 0.3 is 9.05 Å². The van der Waals surface area contributed by atoms with Gasteiger partial charge in [0.1, 0.15) is 5.75 Å². The van der Waals surface area contributed by atoms with Crippen molar-refractivity contribution in [2.45, 2.75) is 72.8 Å². The topological polar surface area (TPSA) is 36.9 Å². The lowest BCUT2D eigenvalue weighted by atomic mass is 10.1. The van der Waals surface area contributed by atoms with Gasteiger partial charge in [0.15, 0.2) is 25.0 Å². The van der Waals surface area contributed by atoms with Crippen LogP contribution in [0.1, 0.15) is 19.4 Å². The Hall–Kier alpha value is -0.276. The summed E-state index contributed by atoms with van der Waals surface area (Å²) in [5.74, 6) is 0.749. The van der Waals surface area contributed by atoms with E-state index in [1.165, 1.54) is 0 Å². The van der Waals surface area contributed by atoms with Gasteiger partial charge in [0, 0.05) is 5.56 Å². The molecule has 0 aliphatic rings. The fourth-order valence-corrected chi connectivity index (χ4v) is 14.2. The first-order valence-electron chi connectivity index (χ1n) is 9.71. The quantitative estimate of drug-likeness (QED) is 0.417. The highest BCUT2D eigenvalue weighted by Gasteiger charge is 2.56. The highest BCUT2D eigenvalue weighted by molar-refractivity contribution is 6.88. The normalized spacial score (nSPS) is 14.7. The van der Waals surface area contributed by atoms with Crippen LogP contribution in [0.15, 0.2) is 29.5 Å². The predicted octanol–water partition coefficient (Wildman–Crippen LogP) is 5.97. The highest BCUT2D eigenvalue weighted by atomic mass is 28.5. The molecule has 0 unspecified atom stereocenters. The average molecular weight is 470 g/mol. The average Bonchev–Trinajstić information content (AvgIpc) is 2.40. The number of benzene rings is 1. The molecule has 157 valence electrons. The van der Waals surface area contributed by atoms with Gasteiger partial charge in [-0.1, -0.05) is 23.4 Å². The maximum atomic E-state index is 6.65. The van der Waals surface area contributed by atoms with Gasteiger partial charge in [0.2, 0.25) is 0 Å². The van der Waals surface area contributed by atoms with E-state index in [1.54, 1.807) is 0 Å². The molecule has 28 heavy (non-hydrogen) atoms. The molecule has 0 atom stereocenters. The predicted molar refractivity (Wildman–Crippen MR) is 130 cm³/mol. The second kappa shape index (κ2) is 9.25. The van der Waals surface area contributed by atoms with E-state index in [-0.39, 0.29) is 0 Å². The Morgan fingerprint density at radius 1 is 0.714 bits per heavy atom. The molecule has 0 fully saturated rings. The van der Waals surface area contributed by atoms with Crippen LogP contribution in [-0.2, 0) is 12.3 Å². The zero-order chi connectivity index (χ0) is 22.0. The SMILES string of the molecule is CC([Si])=C(C)c1ccccc1O[Si](O[Si](C)(C)C)(O[Si](C)(C)C)O[Si](C)(C)C. The first-order valence-corrected chi connectivity index (χ1v) is 22.1. The zero-order valence-corrected chi connectivity index (χ0v) is 24.4. The van der Waals surface area contributed by atoms with Crippen molar-refractivity contribution in [2.24, 2.45) is 0 Å². The summed E-state index contributed by atoms with van der Waals surface area (Å²) < 4.78 is 26.5. The zero-order valence-electron chi connectivity index (χ0n) is 19.4. The summed E-state index contributed by atoms with van der Waals surface area (Å²) in [6.45, 7) is 23.5. The van der Waals surface area contributed by atoms with E-state index in [1.807, 2.05) is 25.1 Å². The van der Waals surface area contributed by atoms with Crippen LogP contribution in [0.3, 0.4) is 0 Å². The van der Waals surface area contributed by atoms with Crippen LogP contribution in [0, 0.1) is 0 Å². The Morgan fingerprint density at radius 2 is 1.11 bits per heavy atom. The standard InChI is InChI=1S/C19H37O4Si5/c1-16(17(2)24)18-14-12-13-15-19(18)20-28(21-25(3,4)5,22-26(6,7)8)23-27(9,10)11/h12-15H,1-11H3. The molecule has 0 aromatic heterocycles. The van der Waals surface area contributed by atoms with Crippen LogP contribution in [-0.4, -0.2) is 44.2 Å². The maximum Gasteiger partial charge on any atom is 0.717 e. The molecule has 9 heteroatoms. The third kappa shape index (κ3) is 9.03. The fourth-order valence-electron chi connectivity index (χ4n) is 2.45. The van der Waals surface area contributed by atoms with Crippen LogP contribution >= 0.6 is 0 Å². The molecule has 1 aromatic carbocycles. The lowest BCUT2D eigenvalue weighted by molar-refractivity contribution is 0.152. The Balaban J connectivity index is 3.57. The van der Waals surface area contributed by atoms with Gasteiger partial charge in [-0.05, 0) is 84.4 Å². The first kappa shape index (κ1) is 25.8. The molecule has 0 aliphatic heterocycles. The van der Waals surface area contributed by atoms with Crippen LogP contribution in [0.2, 0.25) is 58.9 Å². The summed E-state index contributed by atoms with van der Waals surface area (Å²) in [6.07, 6.45) is 0. The van der Waals surface area contributed by atoms with Gasteiger partial charge in [-0.25, -0.2) is 0 Å². The minimum atomic E-state index is -3.41. The molecular weight excluding hydrogens is 433 g/mol. The number of para-hydroxylation sites is 1. The van der Waals surface area contributed by atoms with Crippen molar-refractivity contribution in [3.05, 3.63) is 35.0 Å². The molecule has 1 rings (SSSR count). The van der Waals surface area contributed by atoms with Crippen molar-refractivity contribution < 1.29 is 16.8 Å². The summed E-state index contributed by atoms with van der Waals surface area (Å²) in [5, 5.41) is 1.06. The van der Waals surface area contributed by atoms with E-state index in [4.69, 9.17) is 16.8 Å². The van der Waals surface area contributed by atoms with Crippen molar-refractivity contribution in [3.8, 4) is 5.75 Å². The molecule has 0 aliphatic carbocycles. The van der Waals surface area contributed by atoms with Crippen molar-refractivity contribution in [1.29, 1.82) is 0 Å². The van der Waals surface area contributed by atoms with Crippen LogP contribution in [0.25, 0.3) is 5.57 Å². The second-order valence-corrected chi connectivity index (χ2v) is 27.1. The number of hydrogen-bond acceptors (Lipinski definition) is 4. The Labute approximate surface area is 179 Å². The summed E-state index contributed by atoms with van der Waals surface area (Å²) in [6, 6.07) is 8.03. The Morgan fingerprint density at radius 3 is 1.46 bits per heavy atom. The molecule has 0 saturated heterocycles. The van der Waals surface area contributed by atoms with Crippen molar-refractivity contribution in [3.63, 3.8) is 0 Å². The van der Waals surface area contributed by atoms with E-state index in [0.717, 1.165) is 22.1 Å². The molecule has 0 saturated carbocycles. The van der Waals surface area contributed by atoms with Gasteiger partial charge in [-0.3, -0.25) is 0 Å². The molecule has 4 nitrogen and oxygen atoms in total. The minimum Gasteiger partial charge on any atom is -0.481 e. The van der Waals surface area contributed by atoms with E-state index in [9.17, 15) is 0 Å². The summed E-state index contributed by atoms with van der Waals surface area (Å²) >= 11 is 0. The third-order valence-corrected chi connectivity index (χ3v) is 14.6. The number of allylic oxidation sites excluding steroid dienone is 2. The maximum absolute atomic E-state index is 6.65. The van der Waals surface area contributed by atoms with Crippen LogP contribution < -0.4 is 4.43 Å². The molecule has 3 radical (unpaired) electrons. The summed E-state index contributed by atoms with van der Waals surface area (Å²) in [4.78, 5) is 0. The fraction of sp³-hybridized carbons (Fsp3) is 0.579. The van der Waals surface area contributed by atoms with Crippen molar-refractivity contribution in [2.75, 3.05) is 0 Å². The smallest absolute Gasteiger partial charge is 0.481 e. The molecule has 0 heterocycles. The molecule has 1 aromatic rings. The van der Waals surface area contributed by atoms with Crippen molar-refractivity contribution in [1.82, 2.24) is 0 Å². The van der Waals surface area contributed by atoms with Crippen LogP contribution in [0.4, 0.5) is 0 Å². The van der Waals surface area contributed by atoms with E-state index < -0.39 is 34.0 Å².